The third-order valence-electron chi connectivity index (χ3n) is 3.57. The molecule has 0 bridgehead atoms. The number of rotatable bonds is 6. The number of carbonyl (C=O) groups is 1. The normalized spacial score (nSPS) is 13.4. The lowest BCUT2D eigenvalue weighted by Crippen LogP contribution is -2.50. The van der Waals surface area contributed by atoms with Crippen molar-refractivity contribution in [3.05, 3.63) is 35.3 Å². The van der Waals surface area contributed by atoms with Crippen molar-refractivity contribution in [1.82, 2.24) is 10.3 Å². The van der Waals surface area contributed by atoms with Crippen molar-refractivity contribution < 1.29 is 9.90 Å². The van der Waals surface area contributed by atoms with Crippen LogP contribution in [0.1, 0.15) is 32.4 Å². The van der Waals surface area contributed by atoms with E-state index >= 15 is 0 Å². The molecule has 124 valence electrons. The fourth-order valence-electron chi connectivity index (χ4n) is 2.35. The maximum atomic E-state index is 12.1. The van der Waals surface area contributed by atoms with Gasteiger partial charge in [0.1, 0.15) is 5.01 Å². The van der Waals surface area contributed by atoms with Crippen LogP contribution in [0.2, 0.25) is 0 Å². The number of carbonyl (C=O) groups excluding carboxylic acids is 1. The zero-order valence-electron chi connectivity index (χ0n) is 13.7. The number of nitrogens with one attached hydrogen (secondary N) is 2. The van der Waals surface area contributed by atoms with Crippen LogP contribution in [0.4, 0.5) is 10.5 Å². The number of nitrogens with zero attached hydrogens (tertiary/aromatic N) is 1. The zero-order valence-corrected chi connectivity index (χ0v) is 14.5. The van der Waals surface area contributed by atoms with Gasteiger partial charge in [-0.05, 0) is 44.5 Å². The highest BCUT2D eigenvalue weighted by Gasteiger charge is 2.24. The van der Waals surface area contributed by atoms with Gasteiger partial charge >= 0.3 is 6.03 Å². The molecule has 0 radical (unpaired) electrons. The minimum atomic E-state index is -0.600. The smallest absolute Gasteiger partial charge is 0.319 e. The Morgan fingerprint density at radius 1 is 1.35 bits per heavy atom. The second-order valence-electron chi connectivity index (χ2n) is 5.92. The Morgan fingerprint density at radius 2 is 2.04 bits per heavy atom. The first-order valence-electron chi connectivity index (χ1n) is 7.68. The van der Waals surface area contributed by atoms with E-state index in [-0.39, 0.29) is 12.6 Å². The van der Waals surface area contributed by atoms with Gasteiger partial charge in [-0.1, -0.05) is 13.3 Å². The summed E-state index contributed by atoms with van der Waals surface area (Å²) >= 11 is 1.60. The lowest BCUT2D eigenvalue weighted by molar-refractivity contribution is 0.167. The molecule has 2 aromatic rings. The second-order valence-corrected chi connectivity index (χ2v) is 6.78. The van der Waals surface area contributed by atoms with Crippen LogP contribution in [0.3, 0.4) is 0 Å². The van der Waals surface area contributed by atoms with E-state index in [4.69, 9.17) is 0 Å². The first kappa shape index (κ1) is 17.4. The van der Waals surface area contributed by atoms with E-state index < -0.39 is 5.54 Å². The number of aliphatic hydroxyl groups is 1. The number of aryl methyl sites for hydroxylation is 1. The van der Waals surface area contributed by atoms with Gasteiger partial charge in [-0.25, -0.2) is 9.78 Å². The maximum absolute atomic E-state index is 12.1. The number of aliphatic hydroxyl groups excluding tert-OH is 1. The highest BCUT2D eigenvalue weighted by atomic mass is 32.1. The van der Waals surface area contributed by atoms with Gasteiger partial charge in [-0.15, -0.1) is 11.3 Å². The van der Waals surface area contributed by atoms with Crippen LogP contribution in [-0.4, -0.2) is 28.3 Å². The Kier molecular flexibility index (Phi) is 5.74. The van der Waals surface area contributed by atoms with Crippen LogP contribution >= 0.6 is 11.3 Å². The lowest BCUT2D eigenvalue weighted by atomic mass is 9.98. The van der Waals surface area contributed by atoms with Crippen molar-refractivity contribution in [3.63, 3.8) is 0 Å². The Bertz CT molecular complexity index is 654. The predicted octanol–water partition coefficient (Wildman–Crippen LogP) is 3.79. The molecule has 2 rings (SSSR count). The Morgan fingerprint density at radius 3 is 2.57 bits per heavy atom. The van der Waals surface area contributed by atoms with Crippen LogP contribution in [0.15, 0.2) is 29.6 Å². The number of thiazole rings is 1. The van der Waals surface area contributed by atoms with Gasteiger partial charge in [0, 0.05) is 22.3 Å². The summed E-state index contributed by atoms with van der Waals surface area (Å²) in [6, 6.07) is 7.26. The number of benzene rings is 1. The molecule has 0 saturated heterocycles. The van der Waals surface area contributed by atoms with Crippen molar-refractivity contribution >= 4 is 23.1 Å². The molecule has 2 amide bonds. The molecule has 6 heteroatoms. The molecular weight excluding hydrogens is 310 g/mol. The summed E-state index contributed by atoms with van der Waals surface area (Å²) in [5.41, 5.74) is 2.14. The van der Waals surface area contributed by atoms with Gasteiger partial charge < -0.3 is 15.7 Å². The molecule has 0 saturated carbocycles. The topological polar surface area (TPSA) is 74.2 Å². The van der Waals surface area contributed by atoms with Crippen molar-refractivity contribution in [2.75, 3.05) is 11.9 Å². The summed E-state index contributed by atoms with van der Waals surface area (Å²) in [6.45, 7) is 5.74. The number of aromatic nitrogens is 1. The highest BCUT2D eigenvalue weighted by molar-refractivity contribution is 7.13. The molecule has 0 aliphatic heterocycles. The number of amides is 2. The largest absolute Gasteiger partial charge is 0.394 e. The summed E-state index contributed by atoms with van der Waals surface area (Å²) in [5.74, 6) is 0. The van der Waals surface area contributed by atoms with Gasteiger partial charge in [0.25, 0.3) is 0 Å². The third-order valence-corrected chi connectivity index (χ3v) is 4.58. The molecule has 1 aromatic heterocycles. The van der Waals surface area contributed by atoms with Crippen LogP contribution in [0.25, 0.3) is 10.6 Å². The molecule has 1 unspecified atom stereocenters. The standard InChI is InChI=1S/C17H23N3O2S/c1-4-9-17(3,11-21)20-16(22)19-14-7-5-13(6-8-14)15-18-12(2)10-23-15/h5-8,10,21H,4,9,11H2,1-3H3,(H2,19,20,22). The third kappa shape index (κ3) is 4.77. The summed E-state index contributed by atoms with van der Waals surface area (Å²) < 4.78 is 0. The summed E-state index contributed by atoms with van der Waals surface area (Å²) in [5, 5.41) is 18.1. The molecule has 3 N–H and O–H groups in total. The summed E-state index contributed by atoms with van der Waals surface area (Å²) in [7, 11) is 0. The average molecular weight is 333 g/mol. The van der Waals surface area contributed by atoms with Gasteiger partial charge in [-0.2, -0.15) is 0 Å². The molecule has 0 aliphatic rings. The van der Waals surface area contributed by atoms with E-state index in [9.17, 15) is 9.90 Å². The van der Waals surface area contributed by atoms with E-state index in [0.717, 1.165) is 29.1 Å². The van der Waals surface area contributed by atoms with E-state index in [2.05, 4.69) is 15.6 Å². The van der Waals surface area contributed by atoms with Crippen molar-refractivity contribution in [3.8, 4) is 10.6 Å². The van der Waals surface area contributed by atoms with E-state index in [0.29, 0.717) is 5.69 Å². The van der Waals surface area contributed by atoms with Gasteiger partial charge in [0.2, 0.25) is 0 Å². The molecule has 1 heterocycles. The van der Waals surface area contributed by atoms with E-state index in [1.165, 1.54) is 0 Å². The summed E-state index contributed by atoms with van der Waals surface area (Å²) in [6.07, 6.45) is 1.61. The highest BCUT2D eigenvalue weighted by Crippen LogP contribution is 2.24. The van der Waals surface area contributed by atoms with Crippen LogP contribution < -0.4 is 10.6 Å². The van der Waals surface area contributed by atoms with Crippen molar-refractivity contribution in [1.29, 1.82) is 0 Å². The maximum Gasteiger partial charge on any atom is 0.319 e. The van der Waals surface area contributed by atoms with Crippen LogP contribution in [-0.2, 0) is 0 Å². The van der Waals surface area contributed by atoms with E-state index in [1.54, 1.807) is 11.3 Å². The van der Waals surface area contributed by atoms with E-state index in [1.807, 2.05) is 50.4 Å². The Balaban J connectivity index is 1.99. The lowest BCUT2D eigenvalue weighted by Gasteiger charge is -2.28. The fraction of sp³-hybridized carbons (Fsp3) is 0.412. The Labute approximate surface area is 140 Å². The van der Waals surface area contributed by atoms with Gasteiger partial charge in [0.05, 0.1) is 12.1 Å². The molecule has 0 aliphatic carbocycles. The number of hydrogen-bond acceptors (Lipinski definition) is 4. The molecule has 1 aromatic carbocycles. The zero-order chi connectivity index (χ0) is 16.9. The monoisotopic (exact) mass is 333 g/mol. The first-order chi connectivity index (χ1) is 11.0. The molecule has 0 spiro atoms. The van der Waals surface area contributed by atoms with Gasteiger partial charge in [0.15, 0.2) is 0 Å². The van der Waals surface area contributed by atoms with Crippen LogP contribution in [0.5, 0.6) is 0 Å². The SMILES string of the molecule is CCCC(C)(CO)NC(=O)Nc1ccc(-c2nc(C)cs2)cc1. The minimum absolute atomic E-state index is 0.0867. The molecular formula is C17H23N3O2S. The van der Waals surface area contributed by atoms with Crippen LogP contribution in [0, 0.1) is 6.92 Å². The van der Waals surface area contributed by atoms with Gasteiger partial charge in [-0.3, -0.25) is 0 Å². The number of urea groups is 1. The summed E-state index contributed by atoms with van der Waals surface area (Å²) in [4.78, 5) is 16.5. The molecule has 5 nitrogen and oxygen atoms in total. The molecule has 1 atom stereocenters. The Hall–Kier alpha value is -1.92. The van der Waals surface area contributed by atoms with Crippen molar-refractivity contribution in [2.24, 2.45) is 0 Å². The fourth-order valence-corrected chi connectivity index (χ4v) is 3.16. The second kappa shape index (κ2) is 7.57. The first-order valence-corrected chi connectivity index (χ1v) is 8.56. The predicted molar refractivity (Wildman–Crippen MR) is 94.8 cm³/mol. The number of anilines is 1. The minimum Gasteiger partial charge on any atom is -0.394 e. The quantitative estimate of drug-likeness (QED) is 0.753. The molecule has 0 fully saturated rings. The average Bonchev–Trinajstić information content (AvgIpc) is 2.94. The molecule has 23 heavy (non-hydrogen) atoms. The number of hydrogen-bond donors (Lipinski definition) is 3. The van der Waals surface area contributed by atoms with Crippen molar-refractivity contribution in [2.45, 2.75) is 39.2 Å².